The number of fused-ring (bicyclic) bond motifs is 3. The Morgan fingerprint density at radius 3 is 2.79 bits per heavy atom. The van der Waals surface area contributed by atoms with E-state index >= 15 is 0 Å². The molecule has 1 aromatic carbocycles. The lowest BCUT2D eigenvalue weighted by Crippen LogP contribution is -2.36. The van der Waals surface area contributed by atoms with E-state index in [-0.39, 0.29) is 5.91 Å². The van der Waals surface area contributed by atoms with Gasteiger partial charge in [-0.2, -0.15) is 0 Å². The molecule has 1 atom stereocenters. The van der Waals surface area contributed by atoms with E-state index in [1.807, 2.05) is 25.1 Å². The van der Waals surface area contributed by atoms with Crippen LogP contribution in [0.5, 0.6) is 0 Å². The number of carbonyl (C=O) groups excluding carboxylic acids is 2. The lowest BCUT2D eigenvalue weighted by atomic mass is 9.91. The number of thiophene rings is 1. The molecule has 3 rings (SSSR count). The lowest BCUT2D eigenvalue weighted by Gasteiger charge is -2.15. The molecule has 0 radical (unpaired) electrons. The second-order valence-corrected chi connectivity index (χ2v) is 7.01. The van der Waals surface area contributed by atoms with E-state index in [1.165, 1.54) is 28.0 Å². The zero-order valence-corrected chi connectivity index (χ0v) is 14.7. The van der Waals surface area contributed by atoms with Gasteiger partial charge in [-0.3, -0.25) is 4.79 Å². The topological polar surface area (TPSA) is 55.4 Å². The summed E-state index contributed by atoms with van der Waals surface area (Å²) in [7, 11) is 0. The number of rotatable bonds is 5. The van der Waals surface area contributed by atoms with Crippen LogP contribution in [0.4, 0.5) is 0 Å². The van der Waals surface area contributed by atoms with Crippen LogP contribution in [0.1, 0.15) is 41.1 Å². The molecular formula is C19H21NO3S. The van der Waals surface area contributed by atoms with Crippen LogP contribution in [0.3, 0.4) is 0 Å². The third-order valence-corrected chi connectivity index (χ3v) is 5.33. The van der Waals surface area contributed by atoms with Crippen LogP contribution < -0.4 is 5.32 Å². The number of esters is 1. The molecule has 0 aliphatic heterocycles. The Morgan fingerprint density at radius 2 is 2.00 bits per heavy atom. The summed E-state index contributed by atoms with van der Waals surface area (Å²) in [5.41, 5.74) is 3.71. The average molecular weight is 343 g/mol. The molecular weight excluding hydrogens is 322 g/mol. The zero-order valence-electron chi connectivity index (χ0n) is 13.9. The van der Waals surface area contributed by atoms with Crippen LogP contribution in [0.15, 0.2) is 30.3 Å². The molecule has 126 valence electrons. The molecule has 24 heavy (non-hydrogen) atoms. The highest BCUT2D eigenvalue weighted by Crippen LogP contribution is 2.39. The number of hydrogen-bond acceptors (Lipinski definition) is 4. The van der Waals surface area contributed by atoms with E-state index in [4.69, 9.17) is 4.74 Å². The first-order valence-corrected chi connectivity index (χ1v) is 9.11. The summed E-state index contributed by atoms with van der Waals surface area (Å²) in [5, 5.41) is 2.74. The molecule has 5 heteroatoms. The van der Waals surface area contributed by atoms with Gasteiger partial charge in [0.25, 0.3) is 5.91 Å². The fourth-order valence-electron chi connectivity index (χ4n) is 2.84. The molecule has 1 amide bonds. The van der Waals surface area contributed by atoms with Gasteiger partial charge in [-0.25, -0.2) is 4.79 Å². The maximum Gasteiger partial charge on any atom is 0.349 e. The molecule has 0 spiro atoms. The standard InChI is InChI=1S/C19H21NO3S/c1-3-10-20-18(21)12(2)23-19(22)16-11-14-9-8-13-6-4-5-7-15(13)17(14)24-16/h4-7,11-12H,3,8-10H2,1-2H3,(H,20,21)/t12-/m1/s1. The number of ether oxygens (including phenoxy) is 1. The summed E-state index contributed by atoms with van der Waals surface area (Å²) in [6.45, 7) is 4.17. The molecule has 2 aromatic rings. The van der Waals surface area contributed by atoms with E-state index < -0.39 is 12.1 Å². The smallest absolute Gasteiger partial charge is 0.349 e. The normalized spacial score (nSPS) is 13.6. The zero-order chi connectivity index (χ0) is 17.1. The van der Waals surface area contributed by atoms with Crippen molar-refractivity contribution < 1.29 is 14.3 Å². The minimum Gasteiger partial charge on any atom is -0.448 e. The molecule has 0 bridgehead atoms. The molecule has 0 fully saturated rings. The number of hydrogen-bond donors (Lipinski definition) is 1. The summed E-state index contributed by atoms with van der Waals surface area (Å²) < 4.78 is 5.32. The van der Waals surface area contributed by atoms with Crippen molar-refractivity contribution in [2.24, 2.45) is 0 Å². The highest BCUT2D eigenvalue weighted by atomic mass is 32.1. The summed E-state index contributed by atoms with van der Waals surface area (Å²) in [6, 6.07) is 10.2. The van der Waals surface area contributed by atoms with Crippen LogP contribution in [-0.2, 0) is 22.4 Å². The van der Waals surface area contributed by atoms with Crippen molar-refractivity contribution in [1.29, 1.82) is 0 Å². The van der Waals surface area contributed by atoms with Gasteiger partial charge < -0.3 is 10.1 Å². The number of benzene rings is 1. The SMILES string of the molecule is CCCNC(=O)[C@@H](C)OC(=O)c1cc2c(s1)-c1ccccc1CC2. The van der Waals surface area contributed by atoms with Crippen molar-refractivity contribution in [2.75, 3.05) is 6.54 Å². The van der Waals surface area contributed by atoms with E-state index in [0.29, 0.717) is 11.4 Å². The van der Waals surface area contributed by atoms with Gasteiger partial charge in [-0.1, -0.05) is 31.2 Å². The van der Waals surface area contributed by atoms with E-state index in [0.717, 1.165) is 24.1 Å². The Kier molecular flexibility index (Phi) is 5.00. The Balaban J connectivity index is 1.74. The van der Waals surface area contributed by atoms with Crippen molar-refractivity contribution in [3.8, 4) is 10.4 Å². The van der Waals surface area contributed by atoms with E-state index in [1.54, 1.807) is 6.92 Å². The van der Waals surface area contributed by atoms with E-state index in [9.17, 15) is 9.59 Å². The molecule has 1 aromatic heterocycles. The number of aryl methyl sites for hydroxylation is 2. The van der Waals surface area contributed by atoms with Gasteiger partial charge in [0.1, 0.15) is 4.88 Å². The van der Waals surface area contributed by atoms with Crippen LogP contribution >= 0.6 is 11.3 Å². The van der Waals surface area contributed by atoms with Crippen molar-refractivity contribution in [2.45, 2.75) is 39.2 Å². The molecule has 4 nitrogen and oxygen atoms in total. The molecule has 1 N–H and O–H groups in total. The predicted molar refractivity (Wildman–Crippen MR) is 95.3 cm³/mol. The number of nitrogens with one attached hydrogen (secondary N) is 1. The Hall–Kier alpha value is -2.14. The minimum absolute atomic E-state index is 0.253. The van der Waals surface area contributed by atoms with Gasteiger partial charge in [0.15, 0.2) is 6.10 Å². The number of amides is 1. The summed E-state index contributed by atoms with van der Waals surface area (Å²) in [6.07, 6.45) is 1.99. The third-order valence-electron chi connectivity index (χ3n) is 4.14. The largest absolute Gasteiger partial charge is 0.448 e. The second-order valence-electron chi connectivity index (χ2n) is 5.96. The van der Waals surface area contributed by atoms with Crippen molar-refractivity contribution in [3.63, 3.8) is 0 Å². The Morgan fingerprint density at radius 1 is 1.25 bits per heavy atom. The quantitative estimate of drug-likeness (QED) is 0.844. The monoisotopic (exact) mass is 343 g/mol. The van der Waals surface area contributed by atoms with Crippen molar-refractivity contribution in [1.82, 2.24) is 5.32 Å². The fourth-order valence-corrected chi connectivity index (χ4v) is 3.99. The van der Waals surface area contributed by atoms with Gasteiger partial charge in [-0.05, 0) is 48.9 Å². The first-order chi connectivity index (χ1) is 11.6. The molecule has 1 heterocycles. The minimum atomic E-state index is -0.782. The predicted octanol–water partition coefficient (Wildman–Crippen LogP) is 3.59. The van der Waals surface area contributed by atoms with Crippen LogP contribution in [-0.4, -0.2) is 24.5 Å². The average Bonchev–Trinajstić information content (AvgIpc) is 3.04. The van der Waals surface area contributed by atoms with Gasteiger partial charge in [0.2, 0.25) is 0 Å². The first-order valence-electron chi connectivity index (χ1n) is 8.29. The van der Waals surface area contributed by atoms with Gasteiger partial charge in [0.05, 0.1) is 0 Å². The van der Waals surface area contributed by atoms with Gasteiger partial charge >= 0.3 is 5.97 Å². The first kappa shape index (κ1) is 16.7. The highest BCUT2D eigenvalue weighted by Gasteiger charge is 2.24. The fraction of sp³-hybridized carbons (Fsp3) is 0.368. The van der Waals surface area contributed by atoms with Crippen molar-refractivity contribution in [3.05, 3.63) is 46.3 Å². The maximum absolute atomic E-state index is 12.4. The summed E-state index contributed by atoms with van der Waals surface area (Å²) in [5.74, 6) is -0.678. The molecule has 0 unspecified atom stereocenters. The Labute approximate surface area is 145 Å². The number of carbonyl (C=O) groups is 2. The van der Waals surface area contributed by atoms with Gasteiger partial charge in [-0.15, -0.1) is 11.3 Å². The second kappa shape index (κ2) is 7.18. The molecule has 1 aliphatic carbocycles. The summed E-state index contributed by atoms with van der Waals surface area (Å²) in [4.78, 5) is 25.9. The van der Waals surface area contributed by atoms with Crippen LogP contribution in [0.2, 0.25) is 0 Å². The molecule has 0 saturated carbocycles. The van der Waals surface area contributed by atoms with Crippen LogP contribution in [0.25, 0.3) is 10.4 Å². The molecule has 1 aliphatic rings. The van der Waals surface area contributed by atoms with Crippen LogP contribution in [0, 0.1) is 0 Å². The molecule has 0 saturated heterocycles. The maximum atomic E-state index is 12.4. The van der Waals surface area contributed by atoms with Crippen molar-refractivity contribution >= 4 is 23.2 Å². The highest BCUT2D eigenvalue weighted by molar-refractivity contribution is 7.17. The lowest BCUT2D eigenvalue weighted by molar-refractivity contribution is -0.129. The van der Waals surface area contributed by atoms with Gasteiger partial charge in [0, 0.05) is 11.4 Å². The summed E-state index contributed by atoms with van der Waals surface area (Å²) >= 11 is 1.45. The van der Waals surface area contributed by atoms with E-state index in [2.05, 4.69) is 17.4 Å². The third kappa shape index (κ3) is 3.36. The Bertz CT molecular complexity index is 766.